The van der Waals surface area contributed by atoms with Crippen molar-refractivity contribution in [2.75, 3.05) is 13.2 Å². The molecule has 0 aromatic rings. The molecule has 0 aromatic heterocycles. The maximum absolute atomic E-state index is 12.8. The average molecular weight is 1100 g/mol. The molecule has 0 saturated heterocycles. The smallest absolute Gasteiger partial charge is 0.310 e. The molecule has 0 aliphatic heterocycles. The zero-order valence-corrected chi connectivity index (χ0v) is 51.6. The molecule has 0 heterocycles. The molecule has 0 amide bonds. The van der Waals surface area contributed by atoms with Gasteiger partial charge in [-0.15, -0.1) is 0 Å². The van der Waals surface area contributed by atoms with Crippen molar-refractivity contribution in [3.8, 4) is 0 Å². The monoisotopic (exact) mass is 1090 g/mol. The van der Waals surface area contributed by atoms with Gasteiger partial charge in [-0.1, -0.05) is 296 Å². The number of carbonyl (C=O) groups excluding carboxylic acids is 3. The Hall–Kier alpha value is -4.19. The van der Waals surface area contributed by atoms with Gasteiger partial charge >= 0.3 is 17.9 Å². The molecule has 1 unspecified atom stereocenters. The van der Waals surface area contributed by atoms with E-state index in [9.17, 15) is 14.4 Å². The number of esters is 3. The Balaban J connectivity index is 4.27. The van der Waals surface area contributed by atoms with Crippen LogP contribution in [-0.4, -0.2) is 37.2 Å². The van der Waals surface area contributed by atoms with Crippen molar-refractivity contribution in [3.63, 3.8) is 0 Å². The lowest BCUT2D eigenvalue weighted by Gasteiger charge is -2.18. The minimum Gasteiger partial charge on any atom is -0.462 e. The summed E-state index contributed by atoms with van der Waals surface area (Å²) in [7, 11) is 0. The fourth-order valence-electron chi connectivity index (χ4n) is 9.09. The van der Waals surface area contributed by atoms with Gasteiger partial charge in [0.1, 0.15) is 13.2 Å². The van der Waals surface area contributed by atoms with Gasteiger partial charge in [-0.05, 0) is 109 Å². The lowest BCUT2D eigenvalue weighted by molar-refractivity contribution is -0.166. The second-order valence-corrected chi connectivity index (χ2v) is 21.6. The van der Waals surface area contributed by atoms with Crippen LogP contribution in [0.5, 0.6) is 0 Å². The summed E-state index contributed by atoms with van der Waals surface area (Å²) >= 11 is 0. The number of carbonyl (C=O) groups is 3. The van der Waals surface area contributed by atoms with Crippen molar-refractivity contribution in [2.24, 2.45) is 0 Å². The summed E-state index contributed by atoms with van der Waals surface area (Å²) in [5, 5.41) is 0. The highest BCUT2D eigenvalue weighted by atomic mass is 16.6. The van der Waals surface area contributed by atoms with Crippen molar-refractivity contribution >= 4 is 17.9 Å². The van der Waals surface area contributed by atoms with Crippen LogP contribution in [-0.2, 0) is 28.6 Å². The van der Waals surface area contributed by atoms with Crippen molar-refractivity contribution in [1.82, 2.24) is 0 Å². The van der Waals surface area contributed by atoms with Gasteiger partial charge in [0, 0.05) is 12.8 Å². The highest BCUT2D eigenvalue weighted by Crippen LogP contribution is 2.16. The van der Waals surface area contributed by atoms with Crippen molar-refractivity contribution < 1.29 is 28.6 Å². The Morgan fingerprint density at radius 1 is 0.278 bits per heavy atom. The van der Waals surface area contributed by atoms with Crippen LogP contribution < -0.4 is 0 Å². The first kappa shape index (κ1) is 74.8. The van der Waals surface area contributed by atoms with Crippen LogP contribution in [0.1, 0.15) is 303 Å². The van der Waals surface area contributed by atoms with E-state index >= 15 is 0 Å². The third kappa shape index (κ3) is 64.5. The minimum atomic E-state index is -0.842. The second-order valence-electron chi connectivity index (χ2n) is 21.6. The topological polar surface area (TPSA) is 78.9 Å². The number of allylic oxidation sites excluding steroid dienone is 19. The highest BCUT2D eigenvalue weighted by Gasteiger charge is 2.19. The van der Waals surface area contributed by atoms with Crippen LogP contribution in [0.15, 0.2) is 122 Å². The molecule has 6 heteroatoms. The summed E-state index contributed by atoms with van der Waals surface area (Å²) in [6, 6.07) is 0. The Bertz CT molecular complexity index is 1640. The van der Waals surface area contributed by atoms with Crippen molar-refractivity contribution in [1.29, 1.82) is 0 Å². The lowest BCUT2D eigenvalue weighted by Crippen LogP contribution is -2.30. The molecule has 0 bridgehead atoms. The van der Waals surface area contributed by atoms with Crippen molar-refractivity contribution in [3.05, 3.63) is 122 Å². The third-order valence-electron chi connectivity index (χ3n) is 14.0. The van der Waals surface area contributed by atoms with Crippen LogP contribution in [0.25, 0.3) is 0 Å². The summed E-state index contributed by atoms with van der Waals surface area (Å²) in [5.74, 6) is -1.07. The maximum Gasteiger partial charge on any atom is 0.310 e. The van der Waals surface area contributed by atoms with Crippen LogP contribution in [0.2, 0.25) is 0 Å². The van der Waals surface area contributed by atoms with Crippen LogP contribution in [0.4, 0.5) is 0 Å². The van der Waals surface area contributed by atoms with Gasteiger partial charge in [-0.2, -0.15) is 0 Å². The van der Waals surface area contributed by atoms with Gasteiger partial charge in [0.25, 0.3) is 0 Å². The summed E-state index contributed by atoms with van der Waals surface area (Å²) < 4.78 is 16.8. The Labute approximate surface area is 488 Å². The highest BCUT2D eigenvalue weighted by molar-refractivity contribution is 5.72. The van der Waals surface area contributed by atoms with E-state index in [0.717, 1.165) is 109 Å². The molecular weight excluding hydrogens is 973 g/mol. The Morgan fingerprint density at radius 2 is 0.532 bits per heavy atom. The first-order valence-electron chi connectivity index (χ1n) is 33.0. The van der Waals surface area contributed by atoms with Gasteiger partial charge in [0.2, 0.25) is 0 Å². The predicted octanol–water partition coefficient (Wildman–Crippen LogP) is 22.8. The fourth-order valence-corrected chi connectivity index (χ4v) is 9.09. The van der Waals surface area contributed by atoms with Crippen LogP contribution in [0, 0.1) is 0 Å². The number of ether oxygens (including phenoxy) is 3. The molecule has 0 aromatic carbocycles. The minimum absolute atomic E-state index is 0.0905. The normalized spacial score (nSPS) is 12.9. The fraction of sp³-hybridized carbons (Fsp3) is 0.685. The van der Waals surface area contributed by atoms with Crippen LogP contribution >= 0.6 is 0 Å². The van der Waals surface area contributed by atoms with Gasteiger partial charge < -0.3 is 14.2 Å². The molecule has 0 aliphatic carbocycles. The van der Waals surface area contributed by atoms with E-state index in [1.807, 2.05) is 6.08 Å². The SMILES string of the molecule is CC/C=C\C/C=C\C/C=C\C/C=C\C/C=C\CC(=O)OC(COC(=O)CCCCCCC/C=C\C/C=C\C/C=C\CC)COC(=O)CCCCCCCCCCCCCCCCCCCCC/C=C\C/C=C\CCCCCCC. The van der Waals surface area contributed by atoms with E-state index < -0.39 is 12.1 Å². The molecule has 0 saturated carbocycles. The molecule has 0 rings (SSSR count). The van der Waals surface area contributed by atoms with E-state index in [2.05, 4.69) is 130 Å². The van der Waals surface area contributed by atoms with E-state index in [0.29, 0.717) is 19.3 Å². The van der Waals surface area contributed by atoms with Gasteiger partial charge in [0.05, 0.1) is 6.42 Å². The number of hydrogen-bond donors (Lipinski definition) is 0. The standard InChI is InChI=1S/C73H122O6/c1-4-7-10-13-16-19-22-25-28-29-30-31-32-33-34-35-36-37-38-39-40-41-42-43-46-48-51-54-57-60-63-66-72(75)78-69-70(79-73(76)67-64-61-58-55-52-49-45-27-24-21-18-15-12-9-6-3)68-77-71(74)65-62-59-56-53-50-47-44-26-23-20-17-14-11-8-5-2/h8-9,11-12,17-18,20-22,25-27,29-30,44-45,52,55,61,64,70H,4-7,10,13-16,19,23-24,28,31-43,46-51,53-54,56-60,62-63,65-69H2,1-3H3/b11-8-,12-9-,20-17-,21-18-,25-22-,30-29-,44-26-,45-27-,55-52-,64-61-. The summed E-state index contributed by atoms with van der Waals surface area (Å²) in [6.45, 7) is 6.32. The molecule has 0 spiro atoms. The third-order valence-corrected chi connectivity index (χ3v) is 14.0. The van der Waals surface area contributed by atoms with Crippen molar-refractivity contribution in [2.45, 2.75) is 309 Å². The number of rotatable bonds is 59. The molecular formula is C73H122O6. The average Bonchev–Trinajstić information content (AvgIpc) is 3.45. The molecule has 0 fully saturated rings. The number of hydrogen-bond acceptors (Lipinski definition) is 6. The van der Waals surface area contributed by atoms with E-state index in [1.165, 1.54) is 148 Å². The Kier molecular flexibility index (Phi) is 62.8. The summed E-state index contributed by atoms with van der Waals surface area (Å²) in [4.78, 5) is 38.2. The molecule has 0 N–H and O–H groups in total. The number of unbranched alkanes of at least 4 members (excludes halogenated alkanes) is 29. The summed E-state index contributed by atoms with van der Waals surface area (Å²) in [6.07, 6.45) is 92.6. The molecule has 450 valence electrons. The second kappa shape index (κ2) is 66.3. The quantitative estimate of drug-likeness (QED) is 0.0261. The molecule has 0 aliphatic rings. The van der Waals surface area contributed by atoms with Gasteiger partial charge in [0.15, 0.2) is 6.10 Å². The lowest BCUT2D eigenvalue weighted by atomic mass is 10.0. The maximum atomic E-state index is 12.8. The van der Waals surface area contributed by atoms with Crippen LogP contribution in [0.3, 0.4) is 0 Å². The first-order valence-corrected chi connectivity index (χ1v) is 33.0. The molecule has 6 nitrogen and oxygen atoms in total. The zero-order valence-electron chi connectivity index (χ0n) is 51.6. The first-order chi connectivity index (χ1) is 39.0. The molecule has 1 atom stereocenters. The molecule has 79 heavy (non-hydrogen) atoms. The molecule has 0 radical (unpaired) electrons. The van der Waals surface area contributed by atoms with E-state index in [-0.39, 0.29) is 31.6 Å². The zero-order chi connectivity index (χ0) is 57.1. The van der Waals surface area contributed by atoms with E-state index in [4.69, 9.17) is 14.2 Å². The summed E-state index contributed by atoms with van der Waals surface area (Å²) in [5.41, 5.74) is 0. The Morgan fingerprint density at radius 3 is 0.835 bits per heavy atom. The predicted molar refractivity (Wildman–Crippen MR) is 343 cm³/mol. The van der Waals surface area contributed by atoms with Gasteiger partial charge in [-0.25, -0.2) is 0 Å². The van der Waals surface area contributed by atoms with Gasteiger partial charge in [-0.3, -0.25) is 14.4 Å². The van der Waals surface area contributed by atoms with E-state index in [1.54, 1.807) is 6.08 Å². The largest absolute Gasteiger partial charge is 0.462 e.